The molecule has 29 heavy (non-hydrogen) atoms. The van der Waals surface area contributed by atoms with Crippen molar-refractivity contribution in [2.45, 2.75) is 53.1 Å². The molecule has 0 radical (unpaired) electrons. The molecule has 2 aromatic rings. The normalized spacial score (nSPS) is 16.6. The number of benzene rings is 2. The second-order valence-electron chi connectivity index (χ2n) is 9.14. The summed E-state index contributed by atoms with van der Waals surface area (Å²) in [5.74, 6) is 0.349. The third-order valence-corrected chi connectivity index (χ3v) is 5.13. The first-order valence-electron chi connectivity index (χ1n) is 10.2. The van der Waals surface area contributed by atoms with Crippen LogP contribution in [0.2, 0.25) is 0 Å². The van der Waals surface area contributed by atoms with Crippen molar-refractivity contribution in [3.63, 3.8) is 0 Å². The quantitative estimate of drug-likeness (QED) is 0.770. The van der Waals surface area contributed by atoms with Crippen molar-refractivity contribution in [2.75, 3.05) is 10.2 Å². The van der Waals surface area contributed by atoms with Gasteiger partial charge in [0.25, 0.3) is 0 Å². The summed E-state index contributed by atoms with van der Waals surface area (Å²) in [6.07, 6.45) is 0.688. The Kier molecular flexibility index (Phi) is 5.96. The van der Waals surface area contributed by atoms with E-state index < -0.39 is 0 Å². The fourth-order valence-electron chi connectivity index (χ4n) is 3.69. The van der Waals surface area contributed by atoms with Gasteiger partial charge < -0.3 is 15.5 Å². The molecule has 1 aliphatic heterocycles. The van der Waals surface area contributed by atoms with Gasteiger partial charge in [0, 0.05) is 22.8 Å². The summed E-state index contributed by atoms with van der Waals surface area (Å²) in [4.78, 5) is 27.3. The van der Waals surface area contributed by atoms with Crippen LogP contribution in [-0.4, -0.2) is 17.5 Å². The van der Waals surface area contributed by atoms with E-state index in [-0.39, 0.29) is 29.3 Å². The first kappa shape index (κ1) is 20.9. The average molecular weight is 394 g/mol. The summed E-state index contributed by atoms with van der Waals surface area (Å²) < 4.78 is 0. The number of carbonyl (C=O) groups is 2. The predicted octanol–water partition coefficient (Wildman–Crippen LogP) is 4.97. The molecule has 1 heterocycles. The monoisotopic (exact) mass is 393 g/mol. The van der Waals surface area contributed by atoms with Crippen molar-refractivity contribution in [3.05, 3.63) is 59.7 Å². The lowest BCUT2D eigenvalue weighted by Crippen LogP contribution is -2.43. The van der Waals surface area contributed by atoms with Crippen molar-refractivity contribution < 1.29 is 9.59 Å². The summed E-state index contributed by atoms with van der Waals surface area (Å²) in [6, 6.07) is 15.6. The molecule has 0 saturated heterocycles. The van der Waals surface area contributed by atoms with Crippen molar-refractivity contribution in [1.82, 2.24) is 5.32 Å². The molecule has 3 amide bonds. The van der Waals surface area contributed by atoms with Gasteiger partial charge in [-0.3, -0.25) is 4.79 Å². The van der Waals surface area contributed by atoms with Crippen LogP contribution < -0.4 is 15.5 Å². The Morgan fingerprint density at radius 3 is 2.45 bits per heavy atom. The second kappa shape index (κ2) is 8.27. The number of urea groups is 1. The van der Waals surface area contributed by atoms with E-state index >= 15 is 0 Å². The van der Waals surface area contributed by atoms with Crippen LogP contribution in [-0.2, 0) is 17.8 Å². The number of nitrogens with one attached hydrogen (secondary N) is 2. The molecule has 0 saturated carbocycles. The van der Waals surface area contributed by atoms with Gasteiger partial charge in [-0.2, -0.15) is 0 Å². The summed E-state index contributed by atoms with van der Waals surface area (Å²) >= 11 is 0. The van der Waals surface area contributed by atoms with Crippen LogP contribution in [0.1, 0.15) is 45.7 Å². The third-order valence-electron chi connectivity index (χ3n) is 5.13. The van der Waals surface area contributed by atoms with Crippen LogP contribution in [0.3, 0.4) is 0 Å². The van der Waals surface area contributed by atoms with Crippen molar-refractivity contribution >= 4 is 23.3 Å². The van der Waals surface area contributed by atoms with Gasteiger partial charge in [0.15, 0.2) is 0 Å². The Morgan fingerprint density at radius 1 is 1.14 bits per heavy atom. The maximum Gasteiger partial charge on any atom is 0.319 e. The van der Waals surface area contributed by atoms with Gasteiger partial charge in [0.1, 0.15) is 0 Å². The standard InChI is InChI=1S/C24H31N3O2/c1-16(2)20-14-18-13-19(25-23(29)26-24(3,4)5)11-12-21(18)27(22(20)28)15-17-9-7-6-8-10-17/h6-13,16,20H,14-15H2,1-5H3,(H2,25,26,29). The van der Waals surface area contributed by atoms with E-state index in [9.17, 15) is 9.59 Å². The molecule has 0 bridgehead atoms. The SMILES string of the molecule is CC(C)C1Cc2cc(NC(=O)NC(C)(C)C)ccc2N(Cc2ccccc2)C1=O. The molecule has 5 nitrogen and oxygen atoms in total. The van der Waals surface area contributed by atoms with E-state index in [1.165, 1.54) is 0 Å². The van der Waals surface area contributed by atoms with Gasteiger partial charge in [-0.15, -0.1) is 0 Å². The largest absolute Gasteiger partial charge is 0.333 e. The summed E-state index contributed by atoms with van der Waals surface area (Å²) in [5, 5.41) is 5.82. The molecule has 154 valence electrons. The van der Waals surface area contributed by atoms with E-state index in [1.807, 2.05) is 74.2 Å². The van der Waals surface area contributed by atoms with Crippen LogP contribution in [0.4, 0.5) is 16.2 Å². The highest BCUT2D eigenvalue weighted by atomic mass is 16.2. The lowest BCUT2D eigenvalue weighted by molar-refractivity contribution is -0.124. The Bertz CT molecular complexity index is 885. The Labute approximate surface area is 173 Å². The van der Waals surface area contributed by atoms with E-state index in [2.05, 4.69) is 24.5 Å². The van der Waals surface area contributed by atoms with E-state index in [4.69, 9.17) is 0 Å². The number of amides is 3. The fourth-order valence-corrected chi connectivity index (χ4v) is 3.69. The Hall–Kier alpha value is -2.82. The molecule has 1 unspecified atom stereocenters. The van der Waals surface area contributed by atoms with Gasteiger partial charge in [-0.05, 0) is 62.4 Å². The molecule has 2 aromatic carbocycles. The molecule has 1 atom stereocenters. The minimum Gasteiger partial charge on any atom is -0.333 e. The van der Waals surface area contributed by atoms with Crippen LogP contribution >= 0.6 is 0 Å². The fraction of sp³-hybridized carbons (Fsp3) is 0.417. The highest BCUT2D eigenvalue weighted by Gasteiger charge is 2.34. The highest BCUT2D eigenvalue weighted by molar-refractivity contribution is 5.99. The number of hydrogen-bond acceptors (Lipinski definition) is 2. The minimum atomic E-state index is -0.306. The molecular formula is C24H31N3O2. The van der Waals surface area contributed by atoms with Crippen LogP contribution in [0, 0.1) is 11.8 Å². The number of fused-ring (bicyclic) bond motifs is 1. The maximum atomic E-state index is 13.2. The molecule has 2 N–H and O–H groups in total. The third kappa shape index (κ3) is 5.17. The topological polar surface area (TPSA) is 61.4 Å². The van der Waals surface area contributed by atoms with Crippen molar-refractivity contribution in [3.8, 4) is 0 Å². The average Bonchev–Trinajstić information content (AvgIpc) is 2.62. The molecule has 0 aromatic heterocycles. The van der Waals surface area contributed by atoms with Gasteiger partial charge in [0.05, 0.1) is 6.54 Å². The molecule has 0 spiro atoms. The Morgan fingerprint density at radius 2 is 1.83 bits per heavy atom. The molecule has 3 rings (SSSR count). The molecule has 1 aliphatic rings. The molecule has 0 aliphatic carbocycles. The molecular weight excluding hydrogens is 362 g/mol. The lowest BCUT2D eigenvalue weighted by Gasteiger charge is -2.36. The van der Waals surface area contributed by atoms with Gasteiger partial charge in [-0.25, -0.2) is 4.79 Å². The highest BCUT2D eigenvalue weighted by Crippen LogP contribution is 2.36. The first-order valence-corrected chi connectivity index (χ1v) is 10.2. The number of carbonyl (C=O) groups excluding carboxylic acids is 2. The van der Waals surface area contributed by atoms with Crippen molar-refractivity contribution in [2.24, 2.45) is 11.8 Å². The zero-order valence-corrected chi connectivity index (χ0v) is 18.0. The zero-order chi connectivity index (χ0) is 21.2. The number of nitrogens with zero attached hydrogens (tertiary/aromatic N) is 1. The van der Waals surface area contributed by atoms with Crippen LogP contribution in [0.25, 0.3) is 0 Å². The van der Waals surface area contributed by atoms with Crippen LogP contribution in [0.15, 0.2) is 48.5 Å². The van der Waals surface area contributed by atoms with Gasteiger partial charge in [0.2, 0.25) is 5.91 Å². The zero-order valence-electron chi connectivity index (χ0n) is 18.0. The Balaban J connectivity index is 1.89. The van der Waals surface area contributed by atoms with E-state index in [0.717, 1.165) is 22.5 Å². The molecule has 0 fully saturated rings. The smallest absolute Gasteiger partial charge is 0.319 e. The van der Waals surface area contributed by atoms with Gasteiger partial charge in [-0.1, -0.05) is 44.2 Å². The van der Waals surface area contributed by atoms with Gasteiger partial charge >= 0.3 is 6.03 Å². The molecule has 5 heteroatoms. The van der Waals surface area contributed by atoms with Crippen LogP contribution in [0.5, 0.6) is 0 Å². The number of anilines is 2. The summed E-state index contributed by atoms with van der Waals surface area (Å²) in [5.41, 5.74) is 3.55. The second-order valence-corrected chi connectivity index (χ2v) is 9.14. The summed E-state index contributed by atoms with van der Waals surface area (Å²) in [7, 11) is 0. The first-order chi connectivity index (χ1) is 13.6. The summed E-state index contributed by atoms with van der Waals surface area (Å²) in [6.45, 7) is 10.6. The number of hydrogen-bond donors (Lipinski definition) is 2. The number of rotatable bonds is 4. The van der Waals surface area contributed by atoms with Crippen molar-refractivity contribution in [1.29, 1.82) is 0 Å². The minimum absolute atomic E-state index is 0.0649. The predicted molar refractivity (Wildman–Crippen MR) is 118 cm³/mol. The lowest BCUT2D eigenvalue weighted by atomic mass is 9.83. The van der Waals surface area contributed by atoms with E-state index in [0.29, 0.717) is 13.0 Å². The van der Waals surface area contributed by atoms with E-state index in [1.54, 1.807) is 0 Å². The maximum absolute atomic E-state index is 13.2.